The average Bonchev–Trinajstić information content (AvgIpc) is 3.30. The number of carbonyl (C=O) groups is 1. The Bertz CT molecular complexity index is 1330. The molecule has 1 fully saturated rings. The number of piperidine rings is 1. The van der Waals surface area contributed by atoms with Crippen molar-refractivity contribution in [2.75, 3.05) is 18.4 Å². The van der Waals surface area contributed by atoms with Crippen molar-refractivity contribution in [3.63, 3.8) is 0 Å². The number of hydrogen-bond acceptors (Lipinski definition) is 5. The Morgan fingerprint density at radius 1 is 1.20 bits per heavy atom. The lowest BCUT2D eigenvalue weighted by Crippen LogP contribution is -2.47. The minimum atomic E-state index is -0.539. The zero-order valence-electron chi connectivity index (χ0n) is 19.2. The van der Waals surface area contributed by atoms with E-state index in [0.29, 0.717) is 41.4 Å². The first kappa shape index (κ1) is 23.2. The van der Waals surface area contributed by atoms with Crippen LogP contribution in [0.5, 0.6) is 0 Å². The molecule has 0 aliphatic carbocycles. The van der Waals surface area contributed by atoms with Crippen LogP contribution in [0.4, 0.5) is 10.2 Å². The summed E-state index contributed by atoms with van der Waals surface area (Å²) in [5.41, 5.74) is 2.49. The number of H-pyrrole nitrogens is 1. The third-order valence-corrected chi connectivity index (χ3v) is 6.61. The minimum absolute atomic E-state index is 0.0130. The van der Waals surface area contributed by atoms with E-state index in [1.165, 1.54) is 0 Å². The Morgan fingerprint density at radius 2 is 2.06 bits per heavy atom. The highest BCUT2D eigenvalue weighted by molar-refractivity contribution is 6.31. The quantitative estimate of drug-likeness (QED) is 0.368. The maximum absolute atomic E-state index is 14.6. The number of aryl methyl sites for hydroxylation is 1. The lowest BCUT2D eigenvalue weighted by Gasteiger charge is -2.36. The Morgan fingerprint density at radius 3 is 2.91 bits per heavy atom. The fourth-order valence-corrected chi connectivity index (χ4v) is 4.74. The predicted molar refractivity (Wildman–Crippen MR) is 135 cm³/mol. The number of nitrogens with one attached hydrogen (secondary N) is 2. The van der Waals surface area contributed by atoms with Crippen molar-refractivity contribution in [2.45, 2.75) is 38.1 Å². The molecule has 1 aromatic carbocycles. The van der Waals surface area contributed by atoms with Crippen LogP contribution in [0.25, 0.3) is 22.4 Å². The van der Waals surface area contributed by atoms with Crippen molar-refractivity contribution in [3.05, 3.63) is 71.4 Å². The predicted octanol–water partition coefficient (Wildman–Crippen LogP) is 5.24. The van der Waals surface area contributed by atoms with E-state index in [1.807, 2.05) is 35.2 Å². The van der Waals surface area contributed by atoms with Gasteiger partial charge < -0.3 is 15.2 Å². The number of likely N-dealkylation sites (tertiary alicyclic amines) is 1. The summed E-state index contributed by atoms with van der Waals surface area (Å²) in [5.74, 6) is 0.0696. The van der Waals surface area contributed by atoms with Crippen LogP contribution < -0.4 is 5.32 Å². The largest absolute Gasteiger partial charge is 0.365 e. The van der Waals surface area contributed by atoms with Crippen LogP contribution >= 0.6 is 11.6 Å². The van der Waals surface area contributed by atoms with Crippen molar-refractivity contribution in [3.8, 4) is 11.4 Å². The third-order valence-electron chi connectivity index (χ3n) is 6.41. The molecule has 1 aliphatic rings. The van der Waals surface area contributed by atoms with E-state index in [-0.39, 0.29) is 17.8 Å². The minimum Gasteiger partial charge on any atom is -0.365 e. The van der Waals surface area contributed by atoms with Crippen LogP contribution in [0.1, 0.15) is 31.2 Å². The first-order valence-electron chi connectivity index (χ1n) is 11.8. The Kier molecular flexibility index (Phi) is 6.90. The van der Waals surface area contributed by atoms with Crippen LogP contribution in [-0.2, 0) is 11.2 Å². The van der Waals surface area contributed by atoms with Crippen molar-refractivity contribution in [2.24, 2.45) is 0 Å². The average molecular weight is 493 g/mol. The molecule has 0 saturated carbocycles. The monoisotopic (exact) mass is 492 g/mol. The first-order chi connectivity index (χ1) is 17.1. The molecule has 9 heteroatoms. The molecule has 4 aromatic rings. The van der Waals surface area contributed by atoms with Crippen LogP contribution in [0.2, 0.25) is 5.02 Å². The summed E-state index contributed by atoms with van der Waals surface area (Å²) in [7, 11) is 0. The van der Waals surface area contributed by atoms with Crippen molar-refractivity contribution < 1.29 is 9.18 Å². The topological polar surface area (TPSA) is 86.8 Å². The van der Waals surface area contributed by atoms with Gasteiger partial charge in [-0.2, -0.15) is 0 Å². The number of aromatic amines is 1. The number of rotatable bonds is 7. The molecule has 1 aliphatic heterocycles. The van der Waals surface area contributed by atoms with Gasteiger partial charge in [0.2, 0.25) is 5.91 Å². The normalized spacial score (nSPS) is 15.9. The van der Waals surface area contributed by atoms with Gasteiger partial charge in [-0.05, 0) is 37.3 Å². The molecular weight excluding hydrogens is 467 g/mol. The number of amides is 1. The van der Waals surface area contributed by atoms with Gasteiger partial charge in [0, 0.05) is 48.9 Å². The molecule has 3 aromatic heterocycles. The number of halogens is 2. The van der Waals surface area contributed by atoms with Crippen molar-refractivity contribution >= 4 is 34.4 Å². The van der Waals surface area contributed by atoms with Gasteiger partial charge >= 0.3 is 0 Å². The van der Waals surface area contributed by atoms with Gasteiger partial charge in [0.25, 0.3) is 0 Å². The smallest absolute Gasteiger partial charge is 0.223 e. The zero-order valence-corrected chi connectivity index (χ0v) is 19.9. The number of pyridine rings is 1. The SMILES string of the molecule is O=C(CCc1ccccc1)N1CCCCC1CNc1nc(-c2c[nH]c3ncc(Cl)cc23)ncc1F. The molecule has 5 rings (SSSR count). The van der Waals surface area contributed by atoms with Crippen LogP contribution in [0, 0.1) is 5.82 Å². The van der Waals surface area contributed by atoms with Crippen molar-refractivity contribution in [1.29, 1.82) is 0 Å². The van der Waals surface area contributed by atoms with E-state index in [1.54, 1.807) is 18.5 Å². The molecular formula is C26H26ClFN6O. The molecule has 4 heterocycles. The van der Waals surface area contributed by atoms with Crippen LogP contribution in [0.3, 0.4) is 0 Å². The van der Waals surface area contributed by atoms with E-state index in [2.05, 4.69) is 25.3 Å². The molecule has 35 heavy (non-hydrogen) atoms. The summed E-state index contributed by atoms with van der Waals surface area (Å²) in [5, 5.41) is 4.39. The van der Waals surface area contributed by atoms with Gasteiger partial charge in [-0.25, -0.2) is 19.3 Å². The Balaban J connectivity index is 1.28. The zero-order chi connectivity index (χ0) is 24.2. The maximum Gasteiger partial charge on any atom is 0.223 e. The standard InChI is InChI=1S/C26H26ClFN6O/c27-18-12-20-21(15-31-24(20)29-13-18)25-32-16-22(28)26(33-25)30-14-19-8-4-5-11-34(19)23(35)10-9-17-6-2-1-3-7-17/h1-3,6-7,12-13,15-16,19H,4-5,8-11,14H2,(H,29,31)(H,30,32,33). The van der Waals surface area contributed by atoms with E-state index < -0.39 is 5.82 Å². The number of anilines is 1. The van der Waals surface area contributed by atoms with Crippen LogP contribution in [0.15, 0.2) is 55.0 Å². The number of hydrogen-bond donors (Lipinski definition) is 2. The maximum atomic E-state index is 14.6. The van der Waals surface area contributed by atoms with Gasteiger partial charge in [0.1, 0.15) is 5.65 Å². The summed E-state index contributed by atoms with van der Waals surface area (Å²) in [6.07, 6.45) is 8.51. The summed E-state index contributed by atoms with van der Waals surface area (Å²) >= 11 is 6.10. The second kappa shape index (κ2) is 10.4. The van der Waals surface area contributed by atoms with E-state index >= 15 is 0 Å². The van der Waals surface area contributed by atoms with Gasteiger partial charge in [0.05, 0.1) is 11.2 Å². The molecule has 0 spiro atoms. The van der Waals surface area contributed by atoms with E-state index in [4.69, 9.17) is 11.6 Å². The number of nitrogens with zero attached hydrogens (tertiary/aromatic N) is 4. The molecule has 1 atom stereocenters. The molecule has 180 valence electrons. The second-order valence-corrected chi connectivity index (χ2v) is 9.18. The Labute approximate surface area is 207 Å². The molecule has 1 amide bonds. The first-order valence-corrected chi connectivity index (χ1v) is 12.2. The molecule has 0 radical (unpaired) electrons. The molecule has 1 saturated heterocycles. The number of aromatic nitrogens is 4. The Hall–Kier alpha value is -3.52. The van der Waals surface area contributed by atoms with E-state index in [9.17, 15) is 9.18 Å². The highest BCUT2D eigenvalue weighted by atomic mass is 35.5. The number of benzene rings is 1. The molecule has 0 bridgehead atoms. The summed E-state index contributed by atoms with van der Waals surface area (Å²) in [6.45, 7) is 1.15. The lowest BCUT2D eigenvalue weighted by atomic mass is 10.0. The summed E-state index contributed by atoms with van der Waals surface area (Å²) in [6, 6.07) is 11.8. The second-order valence-electron chi connectivity index (χ2n) is 8.75. The van der Waals surface area contributed by atoms with Gasteiger partial charge in [-0.1, -0.05) is 41.9 Å². The van der Waals surface area contributed by atoms with Gasteiger partial charge in [-0.3, -0.25) is 4.79 Å². The number of carbonyl (C=O) groups excluding carboxylic acids is 1. The fourth-order valence-electron chi connectivity index (χ4n) is 4.58. The van der Waals surface area contributed by atoms with E-state index in [0.717, 1.165) is 43.0 Å². The highest BCUT2D eigenvalue weighted by Crippen LogP contribution is 2.28. The molecule has 2 N–H and O–H groups in total. The number of fused-ring (bicyclic) bond motifs is 1. The fraction of sp³-hybridized carbons (Fsp3) is 0.308. The molecule has 1 unspecified atom stereocenters. The summed E-state index contributed by atoms with van der Waals surface area (Å²) < 4.78 is 14.6. The summed E-state index contributed by atoms with van der Waals surface area (Å²) in [4.78, 5) is 30.9. The van der Waals surface area contributed by atoms with Gasteiger partial charge in [0.15, 0.2) is 17.5 Å². The van der Waals surface area contributed by atoms with Crippen molar-refractivity contribution in [1.82, 2.24) is 24.8 Å². The molecule has 7 nitrogen and oxygen atoms in total. The third kappa shape index (κ3) is 5.27. The lowest BCUT2D eigenvalue weighted by molar-refractivity contribution is -0.134. The highest BCUT2D eigenvalue weighted by Gasteiger charge is 2.26. The van der Waals surface area contributed by atoms with Gasteiger partial charge in [-0.15, -0.1) is 0 Å². The van der Waals surface area contributed by atoms with Crippen LogP contribution in [-0.4, -0.2) is 49.9 Å².